The molecular weight excluding hydrogens is 174 g/mol. The SMILES string of the molecule is CC1CCc2nnc(C(C)(C)C)n2C1. The predicted molar refractivity (Wildman–Crippen MR) is 56.2 cm³/mol. The molecule has 14 heavy (non-hydrogen) atoms. The molecule has 0 radical (unpaired) electrons. The second-order valence-corrected chi connectivity index (χ2v) is 5.44. The fourth-order valence-electron chi connectivity index (χ4n) is 2.05. The van der Waals surface area contributed by atoms with Crippen molar-refractivity contribution in [2.24, 2.45) is 5.92 Å². The summed E-state index contributed by atoms with van der Waals surface area (Å²) in [5.41, 5.74) is 0.113. The van der Waals surface area contributed by atoms with E-state index in [4.69, 9.17) is 0 Å². The Hall–Kier alpha value is -0.860. The highest BCUT2D eigenvalue weighted by molar-refractivity contribution is 5.08. The third-order valence-electron chi connectivity index (χ3n) is 2.85. The quantitative estimate of drug-likeness (QED) is 0.632. The molecule has 0 saturated heterocycles. The summed E-state index contributed by atoms with van der Waals surface area (Å²) < 4.78 is 2.31. The van der Waals surface area contributed by atoms with Crippen LogP contribution < -0.4 is 0 Å². The molecule has 1 aliphatic heterocycles. The summed E-state index contributed by atoms with van der Waals surface area (Å²) in [4.78, 5) is 0. The lowest BCUT2D eigenvalue weighted by atomic mass is 9.94. The van der Waals surface area contributed by atoms with E-state index in [1.807, 2.05) is 0 Å². The molecule has 1 atom stereocenters. The topological polar surface area (TPSA) is 30.7 Å². The first-order chi connectivity index (χ1) is 6.48. The molecule has 0 N–H and O–H groups in total. The Bertz CT molecular complexity index is 333. The van der Waals surface area contributed by atoms with Crippen LogP contribution in [0.15, 0.2) is 0 Å². The second kappa shape index (κ2) is 3.07. The average Bonchev–Trinajstić information content (AvgIpc) is 2.45. The van der Waals surface area contributed by atoms with Crippen LogP contribution in [-0.2, 0) is 18.4 Å². The van der Waals surface area contributed by atoms with Gasteiger partial charge in [-0.25, -0.2) is 0 Å². The van der Waals surface area contributed by atoms with Crippen molar-refractivity contribution in [1.29, 1.82) is 0 Å². The third-order valence-corrected chi connectivity index (χ3v) is 2.85. The summed E-state index contributed by atoms with van der Waals surface area (Å²) in [6.45, 7) is 9.99. The van der Waals surface area contributed by atoms with Gasteiger partial charge in [-0.15, -0.1) is 10.2 Å². The van der Waals surface area contributed by atoms with Crippen LogP contribution >= 0.6 is 0 Å². The summed E-state index contributed by atoms with van der Waals surface area (Å²) >= 11 is 0. The fourth-order valence-corrected chi connectivity index (χ4v) is 2.05. The normalized spacial score (nSPS) is 22.1. The summed E-state index contributed by atoms with van der Waals surface area (Å²) in [5.74, 6) is 3.08. The summed E-state index contributed by atoms with van der Waals surface area (Å²) in [6.07, 6.45) is 2.34. The molecule has 0 aromatic carbocycles. The number of hydrogen-bond acceptors (Lipinski definition) is 2. The predicted octanol–water partition coefficient (Wildman–Crippen LogP) is 2.16. The highest BCUT2D eigenvalue weighted by Crippen LogP contribution is 2.26. The van der Waals surface area contributed by atoms with Crippen molar-refractivity contribution in [1.82, 2.24) is 14.8 Å². The Labute approximate surface area is 85.5 Å². The van der Waals surface area contributed by atoms with E-state index in [-0.39, 0.29) is 5.41 Å². The Morgan fingerprint density at radius 2 is 2.00 bits per heavy atom. The van der Waals surface area contributed by atoms with Crippen molar-refractivity contribution in [2.75, 3.05) is 0 Å². The standard InChI is InChI=1S/C11H19N3/c1-8-5-6-9-12-13-10(11(2,3)4)14(9)7-8/h8H,5-7H2,1-4H3. The zero-order chi connectivity index (χ0) is 10.3. The van der Waals surface area contributed by atoms with Gasteiger partial charge in [0.15, 0.2) is 0 Å². The van der Waals surface area contributed by atoms with Gasteiger partial charge >= 0.3 is 0 Å². The molecule has 0 saturated carbocycles. The van der Waals surface area contributed by atoms with Crippen molar-refractivity contribution >= 4 is 0 Å². The molecule has 1 aromatic heterocycles. The molecule has 3 nitrogen and oxygen atoms in total. The Balaban J connectivity index is 2.41. The first-order valence-electron chi connectivity index (χ1n) is 5.41. The van der Waals surface area contributed by atoms with Crippen LogP contribution in [0.5, 0.6) is 0 Å². The molecule has 1 aromatic rings. The number of aryl methyl sites for hydroxylation is 1. The van der Waals surface area contributed by atoms with Crippen molar-refractivity contribution in [3.63, 3.8) is 0 Å². The van der Waals surface area contributed by atoms with Gasteiger partial charge in [0.2, 0.25) is 0 Å². The maximum absolute atomic E-state index is 4.32. The van der Waals surface area contributed by atoms with E-state index in [0.717, 1.165) is 24.7 Å². The summed E-state index contributed by atoms with van der Waals surface area (Å²) in [5, 5.41) is 8.59. The summed E-state index contributed by atoms with van der Waals surface area (Å²) in [7, 11) is 0. The number of aromatic nitrogens is 3. The zero-order valence-electron chi connectivity index (χ0n) is 9.54. The van der Waals surface area contributed by atoms with Gasteiger partial charge < -0.3 is 4.57 Å². The molecule has 0 spiro atoms. The van der Waals surface area contributed by atoms with Crippen molar-refractivity contribution in [3.8, 4) is 0 Å². The van der Waals surface area contributed by atoms with Gasteiger partial charge in [0.1, 0.15) is 11.6 Å². The highest BCUT2D eigenvalue weighted by Gasteiger charge is 2.26. The minimum atomic E-state index is 0.113. The Morgan fingerprint density at radius 1 is 1.29 bits per heavy atom. The highest BCUT2D eigenvalue weighted by atomic mass is 15.3. The zero-order valence-corrected chi connectivity index (χ0v) is 9.54. The largest absolute Gasteiger partial charge is 0.314 e. The second-order valence-electron chi connectivity index (χ2n) is 5.44. The number of nitrogens with zero attached hydrogens (tertiary/aromatic N) is 3. The minimum absolute atomic E-state index is 0.113. The van der Waals surface area contributed by atoms with Crippen molar-refractivity contribution in [2.45, 2.75) is 52.5 Å². The lowest BCUT2D eigenvalue weighted by Crippen LogP contribution is -2.25. The number of fused-ring (bicyclic) bond motifs is 1. The third kappa shape index (κ3) is 1.56. The molecule has 3 heteroatoms. The Kier molecular flexibility index (Phi) is 2.13. The van der Waals surface area contributed by atoms with Gasteiger partial charge in [0.05, 0.1) is 0 Å². The molecule has 0 bridgehead atoms. The molecule has 1 unspecified atom stereocenters. The van der Waals surface area contributed by atoms with Gasteiger partial charge in [-0.3, -0.25) is 0 Å². The lowest BCUT2D eigenvalue weighted by molar-refractivity contribution is 0.368. The first kappa shape index (κ1) is 9.69. The fraction of sp³-hybridized carbons (Fsp3) is 0.818. The van der Waals surface area contributed by atoms with Crippen LogP contribution in [0.3, 0.4) is 0 Å². The van der Waals surface area contributed by atoms with Crippen LogP contribution in [0.2, 0.25) is 0 Å². The molecule has 1 aliphatic rings. The van der Waals surface area contributed by atoms with Gasteiger partial charge in [-0.05, 0) is 12.3 Å². The van der Waals surface area contributed by atoms with Crippen molar-refractivity contribution < 1.29 is 0 Å². The van der Waals surface area contributed by atoms with Crippen LogP contribution in [0.4, 0.5) is 0 Å². The van der Waals surface area contributed by atoms with E-state index in [9.17, 15) is 0 Å². The molecule has 0 fully saturated rings. The van der Waals surface area contributed by atoms with Gasteiger partial charge in [0.25, 0.3) is 0 Å². The smallest absolute Gasteiger partial charge is 0.138 e. The van der Waals surface area contributed by atoms with Crippen LogP contribution in [0, 0.1) is 5.92 Å². The van der Waals surface area contributed by atoms with Gasteiger partial charge in [-0.2, -0.15) is 0 Å². The molecule has 0 amide bonds. The lowest BCUT2D eigenvalue weighted by Gasteiger charge is -2.25. The van der Waals surface area contributed by atoms with Gasteiger partial charge in [0, 0.05) is 18.4 Å². The van der Waals surface area contributed by atoms with Crippen LogP contribution in [0.25, 0.3) is 0 Å². The number of rotatable bonds is 0. The minimum Gasteiger partial charge on any atom is -0.314 e. The van der Waals surface area contributed by atoms with Gasteiger partial charge in [-0.1, -0.05) is 27.7 Å². The van der Waals surface area contributed by atoms with Crippen LogP contribution in [0.1, 0.15) is 45.8 Å². The van der Waals surface area contributed by atoms with E-state index in [2.05, 4.69) is 42.5 Å². The van der Waals surface area contributed by atoms with E-state index in [1.54, 1.807) is 0 Å². The van der Waals surface area contributed by atoms with E-state index in [0.29, 0.717) is 0 Å². The molecule has 2 heterocycles. The Morgan fingerprint density at radius 3 is 2.64 bits per heavy atom. The van der Waals surface area contributed by atoms with E-state index >= 15 is 0 Å². The maximum Gasteiger partial charge on any atom is 0.138 e. The molecular formula is C11H19N3. The first-order valence-corrected chi connectivity index (χ1v) is 5.41. The maximum atomic E-state index is 4.32. The van der Waals surface area contributed by atoms with E-state index < -0.39 is 0 Å². The monoisotopic (exact) mass is 193 g/mol. The summed E-state index contributed by atoms with van der Waals surface area (Å²) in [6, 6.07) is 0. The number of hydrogen-bond donors (Lipinski definition) is 0. The van der Waals surface area contributed by atoms with E-state index in [1.165, 1.54) is 12.2 Å². The molecule has 78 valence electrons. The molecule has 0 aliphatic carbocycles. The molecule has 2 rings (SSSR count). The van der Waals surface area contributed by atoms with Crippen molar-refractivity contribution in [3.05, 3.63) is 11.6 Å². The average molecular weight is 193 g/mol. The van der Waals surface area contributed by atoms with Crippen LogP contribution in [-0.4, -0.2) is 14.8 Å².